The number of carbonyl (C=O) groups excluding carboxylic acids is 1. The van der Waals surface area contributed by atoms with Crippen molar-refractivity contribution in [1.82, 2.24) is 4.90 Å². The second-order valence-electron chi connectivity index (χ2n) is 8.27. The summed E-state index contributed by atoms with van der Waals surface area (Å²) in [5, 5.41) is 10.7. The molecule has 0 aliphatic heterocycles. The first-order chi connectivity index (χ1) is 14.5. The van der Waals surface area contributed by atoms with E-state index in [-0.39, 0.29) is 0 Å². The average molecular weight is 415 g/mol. The smallest absolute Gasteiger partial charge is 0.211 e. The number of nitrogens with zero attached hydrogens (tertiary/aromatic N) is 3. The van der Waals surface area contributed by atoms with Crippen LogP contribution in [0.3, 0.4) is 0 Å². The van der Waals surface area contributed by atoms with Crippen LogP contribution in [0.25, 0.3) is 0 Å². The Labute approximate surface area is 184 Å². The third-order valence-corrected chi connectivity index (χ3v) is 5.66. The first-order valence-electron chi connectivity index (χ1n) is 11.6. The molecule has 0 radical (unpaired) electrons. The van der Waals surface area contributed by atoms with E-state index in [9.17, 15) is 4.79 Å². The number of unbranched alkanes of at least 4 members (excludes halogenated alkanes) is 1. The van der Waals surface area contributed by atoms with Crippen molar-refractivity contribution in [2.24, 2.45) is 16.1 Å². The number of anilines is 1. The van der Waals surface area contributed by atoms with Crippen LogP contribution in [0.1, 0.15) is 82.8 Å². The summed E-state index contributed by atoms with van der Waals surface area (Å²) in [6.07, 6.45) is 12.6. The van der Waals surface area contributed by atoms with Crippen molar-refractivity contribution in [1.29, 1.82) is 0 Å². The fourth-order valence-electron chi connectivity index (χ4n) is 4.11. The minimum atomic E-state index is 0.689. The first kappa shape index (κ1) is 25.9. The monoisotopic (exact) mass is 414 g/mol. The summed E-state index contributed by atoms with van der Waals surface area (Å²) in [5.41, 5.74) is 3.18. The molecule has 0 heterocycles. The van der Waals surface area contributed by atoms with Gasteiger partial charge in [-0.1, -0.05) is 51.5 Å². The molecule has 1 aliphatic carbocycles. The second kappa shape index (κ2) is 15.6. The van der Waals surface area contributed by atoms with E-state index in [2.05, 4.69) is 47.1 Å². The van der Waals surface area contributed by atoms with Crippen LogP contribution in [0.5, 0.6) is 0 Å². The topological polar surface area (TPSA) is 57.1 Å². The van der Waals surface area contributed by atoms with Crippen LogP contribution in [0.15, 0.2) is 28.4 Å². The SMILES string of the molecule is C=N/N=C(/CCC1CCCCC1)N(CC)CCCC.Cc1cc(C)cc(NC=O)c1. The van der Waals surface area contributed by atoms with Gasteiger partial charge in [0.05, 0.1) is 0 Å². The molecule has 5 nitrogen and oxygen atoms in total. The van der Waals surface area contributed by atoms with E-state index in [4.69, 9.17) is 0 Å². The van der Waals surface area contributed by atoms with Crippen molar-refractivity contribution < 1.29 is 4.79 Å². The highest BCUT2D eigenvalue weighted by Crippen LogP contribution is 2.27. The quantitative estimate of drug-likeness (QED) is 0.210. The van der Waals surface area contributed by atoms with Crippen molar-refractivity contribution in [2.75, 3.05) is 18.4 Å². The van der Waals surface area contributed by atoms with E-state index in [1.54, 1.807) is 0 Å². The van der Waals surface area contributed by atoms with Gasteiger partial charge in [0.1, 0.15) is 5.84 Å². The van der Waals surface area contributed by atoms with E-state index in [0.29, 0.717) is 6.41 Å². The summed E-state index contributed by atoms with van der Waals surface area (Å²) in [4.78, 5) is 12.5. The van der Waals surface area contributed by atoms with Gasteiger partial charge >= 0.3 is 0 Å². The number of nitrogens with one attached hydrogen (secondary N) is 1. The normalized spacial score (nSPS) is 14.5. The van der Waals surface area contributed by atoms with Gasteiger partial charge in [-0.2, -0.15) is 5.10 Å². The zero-order chi connectivity index (χ0) is 22.2. The molecular weight excluding hydrogens is 372 g/mol. The largest absolute Gasteiger partial charge is 0.359 e. The maximum Gasteiger partial charge on any atom is 0.211 e. The average Bonchev–Trinajstić information content (AvgIpc) is 2.73. The number of amides is 1. The molecule has 0 bridgehead atoms. The second-order valence-corrected chi connectivity index (χ2v) is 8.27. The highest BCUT2D eigenvalue weighted by atomic mass is 16.1. The highest BCUT2D eigenvalue weighted by Gasteiger charge is 2.16. The summed E-state index contributed by atoms with van der Waals surface area (Å²) in [6, 6.07) is 5.93. The molecule has 1 aliphatic rings. The number of hydrogen-bond acceptors (Lipinski definition) is 3. The van der Waals surface area contributed by atoms with Crippen LogP contribution >= 0.6 is 0 Å². The molecule has 0 unspecified atom stereocenters. The van der Waals surface area contributed by atoms with Gasteiger partial charge < -0.3 is 10.2 Å². The number of rotatable bonds is 10. The molecule has 1 aromatic rings. The van der Waals surface area contributed by atoms with Gasteiger partial charge in [-0.15, -0.1) is 5.10 Å². The van der Waals surface area contributed by atoms with E-state index in [0.717, 1.165) is 48.1 Å². The molecule has 5 heteroatoms. The summed E-state index contributed by atoms with van der Waals surface area (Å²) in [5.74, 6) is 2.06. The van der Waals surface area contributed by atoms with Crippen molar-refractivity contribution in [3.8, 4) is 0 Å². The molecule has 0 saturated heterocycles. The van der Waals surface area contributed by atoms with Crippen LogP contribution in [0.4, 0.5) is 5.69 Å². The maximum absolute atomic E-state index is 10.1. The molecule has 2 rings (SSSR count). The standard InChI is InChI=1S/C16H31N3.C9H11NO/c1-4-6-14-19(5-2)16(18-17-3)13-12-15-10-8-7-9-11-15;1-7-3-8(2)5-9(4-7)10-6-11/h15H,3-14H2,1-2H3;3-6H,1-2H3,(H,10,11)/b18-16-;. The number of carbonyl (C=O) groups is 1. The lowest BCUT2D eigenvalue weighted by molar-refractivity contribution is -0.105. The lowest BCUT2D eigenvalue weighted by atomic mass is 9.86. The summed E-state index contributed by atoms with van der Waals surface area (Å²) < 4.78 is 0. The van der Waals surface area contributed by atoms with E-state index in [1.807, 2.05) is 26.0 Å². The molecule has 1 amide bonds. The highest BCUT2D eigenvalue weighted by molar-refractivity contribution is 5.82. The molecule has 0 aromatic heterocycles. The third-order valence-electron chi connectivity index (χ3n) is 5.66. The molecule has 1 N–H and O–H groups in total. The predicted molar refractivity (Wildman–Crippen MR) is 131 cm³/mol. The molecular formula is C25H42N4O. The summed E-state index contributed by atoms with van der Waals surface area (Å²) >= 11 is 0. The van der Waals surface area contributed by atoms with Crippen LogP contribution in [0, 0.1) is 19.8 Å². The fraction of sp³-hybridized carbons (Fsp3) is 0.640. The lowest BCUT2D eigenvalue weighted by Gasteiger charge is -2.26. The van der Waals surface area contributed by atoms with Gasteiger partial charge in [0, 0.05) is 31.9 Å². The van der Waals surface area contributed by atoms with Crippen LogP contribution in [0.2, 0.25) is 0 Å². The van der Waals surface area contributed by atoms with Crippen molar-refractivity contribution in [2.45, 2.75) is 85.5 Å². The Hall–Kier alpha value is -2.17. The van der Waals surface area contributed by atoms with Gasteiger partial charge in [0.25, 0.3) is 0 Å². The van der Waals surface area contributed by atoms with Crippen LogP contribution in [-0.2, 0) is 4.79 Å². The fourth-order valence-corrected chi connectivity index (χ4v) is 4.11. The molecule has 1 saturated carbocycles. The Morgan fingerprint density at radius 1 is 1.17 bits per heavy atom. The van der Waals surface area contributed by atoms with Gasteiger partial charge in [0.2, 0.25) is 6.41 Å². The van der Waals surface area contributed by atoms with Gasteiger partial charge in [-0.05, 0) is 62.8 Å². The van der Waals surface area contributed by atoms with Gasteiger partial charge in [-0.25, -0.2) is 0 Å². The van der Waals surface area contributed by atoms with Gasteiger partial charge in [0.15, 0.2) is 0 Å². The molecule has 1 fully saturated rings. The van der Waals surface area contributed by atoms with Crippen LogP contribution < -0.4 is 5.32 Å². The minimum absolute atomic E-state index is 0.689. The van der Waals surface area contributed by atoms with E-state index < -0.39 is 0 Å². The lowest BCUT2D eigenvalue weighted by Crippen LogP contribution is -2.32. The predicted octanol–water partition coefficient (Wildman–Crippen LogP) is 6.35. The molecule has 1 aromatic carbocycles. The molecule has 0 spiro atoms. The Bertz CT molecular complexity index is 630. The minimum Gasteiger partial charge on any atom is -0.359 e. The van der Waals surface area contributed by atoms with E-state index in [1.165, 1.54) is 51.4 Å². The Morgan fingerprint density at radius 2 is 1.83 bits per heavy atom. The van der Waals surface area contributed by atoms with E-state index >= 15 is 0 Å². The summed E-state index contributed by atoms with van der Waals surface area (Å²) in [7, 11) is 0. The van der Waals surface area contributed by atoms with Gasteiger partial charge in [-0.3, -0.25) is 4.79 Å². The third kappa shape index (κ3) is 10.6. The summed E-state index contributed by atoms with van der Waals surface area (Å²) in [6.45, 7) is 14.1. The Balaban J connectivity index is 0.000000346. The van der Waals surface area contributed by atoms with Crippen molar-refractivity contribution in [3.63, 3.8) is 0 Å². The number of benzene rings is 1. The maximum atomic E-state index is 10.1. The molecule has 168 valence electrons. The Kier molecular flexibility index (Phi) is 13.5. The van der Waals surface area contributed by atoms with Crippen LogP contribution in [-0.4, -0.2) is 37.0 Å². The zero-order valence-electron chi connectivity index (χ0n) is 19.6. The number of hydrogen-bond donors (Lipinski definition) is 1. The molecule has 30 heavy (non-hydrogen) atoms. The molecule has 0 atom stereocenters. The number of aryl methyl sites for hydroxylation is 2. The van der Waals surface area contributed by atoms with Crippen molar-refractivity contribution in [3.05, 3.63) is 29.3 Å². The Morgan fingerprint density at radius 3 is 2.37 bits per heavy atom. The number of amidine groups is 1. The zero-order valence-corrected chi connectivity index (χ0v) is 19.6. The van der Waals surface area contributed by atoms with Crippen molar-refractivity contribution >= 4 is 24.7 Å². The first-order valence-corrected chi connectivity index (χ1v) is 11.6.